The molecule has 118 valence electrons. The molecule has 0 amide bonds. The summed E-state index contributed by atoms with van der Waals surface area (Å²) in [5, 5.41) is 8.53. The predicted octanol–water partition coefficient (Wildman–Crippen LogP) is 5.21. The van der Waals surface area contributed by atoms with Crippen LogP contribution in [0.15, 0.2) is 53.9 Å². The molecule has 0 aliphatic carbocycles. The van der Waals surface area contributed by atoms with Crippen LogP contribution in [0.2, 0.25) is 5.02 Å². The Bertz CT molecular complexity index is 787. The smallest absolute Gasteiger partial charge is 0.184 e. The van der Waals surface area contributed by atoms with Gasteiger partial charge in [0, 0.05) is 5.02 Å². The van der Waals surface area contributed by atoms with Crippen LogP contribution in [0, 0.1) is 6.92 Å². The Labute approximate surface area is 145 Å². The van der Waals surface area contributed by atoms with Gasteiger partial charge in [-0.1, -0.05) is 60.6 Å². The number of benzene rings is 2. The minimum Gasteiger partial charge on any atom is -0.254 e. The van der Waals surface area contributed by atoms with Crippen molar-refractivity contribution < 1.29 is 0 Å². The Morgan fingerprint density at radius 1 is 1.17 bits per heavy atom. The fourth-order valence-corrected chi connectivity index (χ4v) is 3.84. The number of aromatic nitrogens is 3. The largest absolute Gasteiger partial charge is 0.254 e. The van der Waals surface area contributed by atoms with Crippen molar-refractivity contribution in [2.75, 3.05) is 0 Å². The fraction of sp³-hybridized carbons (Fsp3) is 0.222. The molecule has 1 atom stereocenters. The number of nitrogens with one attached hydrogen (secondary N) is 1. The molecule has 0 bridgehead atoms. The molecular formula is C18H18ClN3S. The number of rotatable bonds is 5. The molecule has 0 radical (unpaired) electrons. The lowest BCUT2D eigenvalue weighted by Crippen LogP contribution is -2.00. The van der Waals surface area contributed by atoms with Crippen molar-refractivity contribution in [3.05, 3.63) is 76.1 Å². The summed E-state index contributed by atoms with van der Waals surface area (Å²) in [6, 6.07) is 14.7. The Kier molecular flexibility index (Phi) is 5.03. The van der Waals surface area contributed by atoms with Gasteiger partial charge in [-0.05, 0) is 47.7 Å². The Balaban J connectivity index is 2.02. The molecule has 0 saturated carbocycles. The van der Waals surface area contributed by atoms with Gasteiger partial charge >= 0.3 is 0 Å². The maximum atomic E-state index is 6.19. The van der Waals surface area contributed by atoms with Crippen LogP contribution in [0.4, 0.5) is 0 Å². The van der Waals surface area contributed by atoms with E-state index in [0.717, 1.165) is 22.2 Å². The molecule has 0 aliphatic rings. The molecular weight excluding hydrogens is 326 g/mol. The van der Waals surface area contributed by atoms with Gasteiger partial charge in [0.2, 0.25) is 0 Å². The summed E-state index contributed by atoms with van der Waals surface area (Å²) in [4.78, 5) is 4.25. The molecule has 0 aliphatic heterocycles. The summed E-state index contributed by atoms with van der Waals surface area (Å²) in [6.07, 6.45) is 2.58. The first-order chi connectivity index (χ1) is 11.2. The van der Waals surface area contributed by atoms with Crippen molar-refractivity contribution in [2.45, 2.75) is 30.7 Å². The zero-order valence-corrected chi connectivity index (χ0v) is 14.7. The van der Waals surface area contributed by atoms with Crippen LogP contribution in [0.25, 0.3) is 0 Å². The lowest BCUT2D eigenvalue weighted by molar-refractivity contribution is 0.964. The van der Waals surface area contributed by atoms with Gasteiger partial charge in [-0.2, -0.15) is 5.10 Å². The zero-order valence-electron chi connectivity index (χ0n) is 13.1. The molecule has 1 aromatic heterocycles. The van der Waals surface area contributed by atoms with Gasteiger partial charge in [0.05, 0.1) is 5.25 Å². The van der Waals surface area contributed by atoms with Crippen LogP contribution in [0.3, 0.4) is 0 Å². The minimum absolute atomic E-state index is 0.117. The lowest BCUT2D eigenvalue weighted by Gasteiger charge is -2.18. The van der Waals surface area contributed by atoms with Gasteiger partial charge in [0.25, 0.3) is 0 Å². The monoisotopic (exact) mass is 343 g/mol. The van der Waals surface area contributed by atoms with E-state index in [-0.39, 0.29) is 5.25 Å². The van der Waals surface area contributed by atoms with E-state index < -0.39 is 0 Å². The van der Waals surface area contributed by atoms with Gasteiger partial charge < -0.3 is 0 Å². The Morgan fingerprint density at radius 3 is 2.65 bits per heavy atom. The second kappa shape index (κ2) is 7.20. The average Bonchev–Trinajstić information content (AvgIpc) is 3.05. The lowest BCUT2D eigenvalue weighted by atomic mass is 9.98. The SMILES string of the molecule is CCc1ccc(C(Sc2ncn[nH]2)c2cccc(Cl)c2)cc1C. The first kappa shape index (κ1) is 16.1. The molecule has 5 heteroatoms. The van der Waals surface area contributed by atoms with Crippen molar-refractivity contribution in [3.63, 3.8) is 0 Å². The van der Waals surface area contributed by atoms with Crippen molar-refractivity contribution in [1.82, 2.24) is 15.2 Å². The average molecular weight is 344 g/mol. The van der Waals surface area contributed by atoms with E-state index in [2.05, 4.69) is 53.3 Å². The first-order valence-electron chi connectivity index (χ1n) is 7.54. The van der Waals surface area contributed by atoms with Gasteiger partial charge in [-0.25, -0.2) is 4.98 Å². The van der Waals surface area contributed by atoms with Crippen LogP contribution in [-0.4, -0.2) is 15.2 Å². The zero-order chi connectivity index (χ0) is 16.2. The summed E-state index contributed by atoms with van der Waals surface area (Å²) in [6.45, 7) is 4.34. The number of thioether (sulfide) groups is 1. The van der Waals surface area contributed by atoms with E-state index in [1.165, 1.54) is 23.0 Å². The molecule has 0 spiro atoms. The van der Waals surface area contributed by atoms with Crippen molar-refractivity contribution in [2.24, 2.45) is 0 Å². The number of hydrogen-bond donors (Lipinski definition) is 1. The fourth-order valence-electron chi connectivity index (χ4n) is 2.64. The van der Waals surface area contributed by atoms with Gasteiger partial charge in [-0.3, -0.25) is 5.10 Å². The minimum atomic E-state index is 0.117. The van der Waals surface area contributed by atoms with E-state index in [0.29, 0.717) is 0 Å². The molecule has 1 heterocycles. The maximum absolute atomic E-state index is 6.19. The van der Waals surface area contributed by atoms with Crippen molar-refractivity contribution in [1.29, 1.82) is 0 Å². The molecule has 3 aromatic rings. The second-order valence-corrected chi connectivity index (χ2v) is 6.91. The van der Waals surface area contributed by atoms with E-state index in [4.69, 9.17) is 11.6 Å². The van der Waals surface area contributed by atoms with Gasteiger partial charge in [0.1, 0.15) is 6.33 Å². The maximum Gasteiger partial charge on any atom is 0.184 e. The number of H-pyrrole nitrogens is 1. The molecule has 1 unspecified atom stereocenters. The van der Waals surface area contributed by atoms with E-state index in [9.17, 15) is 0 Å². The predicted molar refractivity (Wildman–Crippen MR) is 96.1 cm³/mol. The highest BCUT2D eigenvalue weighted by molar-refractivity contribution is 7.99. The highest BCUT2D eigenvalue weighted by Gasteiger charge is 2.18. The summed E-state index contributed by atoms with van der Waals surface area (Å²) in [5.41, 5.74) is 5.09. The Hall–Kier alpha value is -1.78. The third-order valence-corrected chi connectivity index (χ3v) is 5.26. The number of nitrogens with zero attached hydrogens (tertiary/aromatic N) is 2. The summed E-state index contributed by atoms with van der Waals surface area (Å²) in [5.74, 6) is 0. The number of hydrogen-bond acceptors (Lipinski definition) is 3. The third kappa shape index (κ3) is 3.77. The summed E-state index contributed by atoms with van der Waals surface area (Å²) in [7, 11) is 0. The van der Waals surface area contributed by atoms with E-state index in [1.807, 2.05) is 18.2 Å². The van der Waals surface area contributed by atoms with Gasteiger partial charge in [-0.15, -0.1) is 0 Å². The topological polar surface area (TPSA) is 41.6 Å². The van der Waals surface area contributed by atoms with Crippen molar-refractivity contribution >= 4 is 23.4 Å². The van der Waals surface area contributed by atoms with E-state index in [1.54, 1.807) is 11.8 Å². The molecule has 3 nitrogen and oxygen atoms in total. The molecule has 0 fully saturated rings. The quantitative estimate of drug-likeness (QED) is 0.646. The summed E-state index contributed by atoms with van der Waals surface area (Å²) < 4.78 is 0. The van der Waals surface area contributed by atoms with Crippen LogP contribution in [-0.2, 0) is 6.42 Å². The Morgan fingerprint density at radius 2 is 2.00 bits per heavy atom. The van der Waals surface area contributed by atoms with Crippen LogP contribution >= 0.6 is 23.4 Å². The number of aromatic amines is 1. The molecule has 23 heavy (non-hydrogen) atoms. The molecule has 1 N–H and O–H groups in total. The summed E-state index contributed by atoms with van der Waals surface area (Å²) >= 11 is 7.84. The highest BCUT2D eigenvalue weighted by atomic mass is 35.5. The number of halogens is 1. The normalized spacial score (nSPS) is 12.3. The van der Waals surface area contributed by atoms with Crippen molar-refractivity contribution in [3.8, 4) is 0 Å². The van der Waals surface area contributed by atoms with Gasteiger partial charge in [0.15, 0.2) is 5.16 Å². The number of aryl methyl sites for hydroxylation is 2. The second-order valence-electron chi connectivity index (χ2n) is 5.38. The van der Waals surface area contributed by atoms with Crippen LogP contribution in [0.5, 0.6) is 0 Å². The van der Waals surface area contributed by atoms with Crippen LogP contribution < -0.4 is 0 Å². The molecule has 2 aromatic carbocycles. The molecule has 0 saturated heterocycles. The molecule has 3 rings (SSSR count). The van der Waals surface area contributed by atoms with Crippen LogP contribution in [0.1, 0.15) is 34.4 Å². The highest BCUT2D eigenvalue weighted by Crippen LogP contribution is 2.40. The van der Waals surface area contributed by atoms with E-state index >= 15 is 0 Å². The first-order valence-corrected chi connectivity index (χ1v) is 8.80. The standard InChI is InChI=1S/C18H18ClN3S/c1-3-13-7-8-15(9-12(13)2)17(23-18-20-11-21-22-18)14-5-4-6-16(19)10-14/h4-11,17H,3H2,1-2H3,(H,20,21,22). The third-order valence-electron chi connectivity index (χ3n) is 3.82.